The predicted octanol–water partition coefficient (Wildman–Crippen LogP) is 3.64. The number of benzene rings is 1. The zero-order chi connectivity index (χ0) is 14.9. The minimum absolute atomic E-state index is 0.0904. The topological polar surface area (TPSA) is 51.2 Å². The van der Waals surface area contributed by atoms with Crippen LogP contribution in [0.25, 0.3) is 0 Å². The van der Waals surface area contributed by atoms with Crippen LogP contribution >= 0.6 is 11.6 Å². The summed E-state index contributed by atoms with van der Waals surface area (Å²) >= 11 is 5.61. The largest absolute Gasteiger partial charge is 0.448 e. The smallest absolute Gasteiger partial charge is 0.419 e. The van der Waals surface area contributed by atoms with Gasteiger partial charge in [-0.2, -0.15) is 13.2 Å². The summed E-state index contributed by atoms with van der Waals surface area (Å²) in [6, 6.07) is 4.65. The molecule has 1 unspecified atom stereocenters. The van der Waals surface area contributed by atoms with Gasteiger partial charge in [0.05, 0.1) is 5.56 Å². The zero-order valence-corrected chi connectivity index (χ0v) is 10.6. The lowest BCUT2D eigenvalue weighted by atomic mass is 10.0. The molecule has 1 atom stereocenters. The highest BCUT2D eigenvalue weighted by Gasteiger charge is 2.34. The van der Waals surface area contributed by atoms with Crippen molar-refractivity contribution in [3.05, 3.63) is 58.3 Å². The van der Waals surface area contributed by atoms with Crippen LogP contribution in [0.1, 0.15) is 22.9 Å². The van der Waals surface area contributed by atoms with Gasteiger partial charge in [0.25, 0.3) is 0 Å². The summed E-state index contributed by atoms with van der Waals surface area (Å²) in [5.74, 6) is 4.20. The van der Waals surface area contributed by atoms with Crippen LogP contribution in [-0.4, -0.2) is 0 Å². The number of hydrogen-bond acceptors (Lipinski definition) is 3. The highest BCUT2D eigenvalue weighted by molar-refractivity contribution is 6.28. The molecule has 0 bridgehead atoms. The van der Waals surface area contributed by atoms with Crippen LogP contribution in [0.2, 0.25) is 5.22 Å². The molecule has 8 heteroatoms. The number of hydrogen-bond donors (Lipinski definition) is 2. The molecule has 1 aromatic heterocycles. The summed E-state index contributed by atoms with van der Waals surface area (Å²) in [4.78, 5) is 0. The van der Waals surface area contributed by atoms with E-state index in [0.29, 0.717) is 6.07 Å². The fourth-order valence-corrected chi connectivity index (χ4v) is 1.92. The average molecular weight is 309 g/mol. The molecule has 0 saturated heterocycles. The SMILES string of the molecule is NNC(c1ccc(C(F)(F)F)c(F)c1)c1ccc(Cl)o1. The minimum atomic E-state index is -4.75. The van der Waals surface area contributed by atoms with E-state index in [0.717, 1.165) is 12.1 Å². The van der Waals surface area contributed by atoms with Gasteiger partial charge in [-0.25, -0.2) is 9.82 Å². The number of nitrogens with one attached hydrogen (secondary N) is 1. The Labute approximate surface area is 116 Å². The lowest BCUT2D eigenvalue weighted by molar-refractivity contribution is -0.140. The van der Waals surface area contributed by atoms with E-state index in [-0.39, 0.29) is 16.5 Å². The van der Waals surface area contributed by atoms with Gasteiger partial charge in [0, 0.05) is 0 Å². The minimum Gasteiger partial charge on any atom is -0.448 e. The van der Waals surface area contributed by atoms with Crippen LogP contribution in [0.3, 0.4) is 0 Å². The Bertz CT molecular complexity index is 612. The summed E-state index contributed by atoms with van der Waals surface area (Å²) in [6.45, 7) is 0. The van der Waals surface area contributed by atoms with Crippen molar-refractivity contribution in [2.24, 2.45) is 5.84 Å². The number of hydrazine groups is 1. The van der Waals surface area contributed by atoms with Gasteiger partial charge in [-0.1, -0.05) is 6.07 Å². The van der Waals surface area contributed by atoms with Crippen molar-refractivity contribution in [2.75, 3.05) is 0 Å². The molecule has 0 aliphatic rings. The first-order chi connectivity index (χ1) is 9.32. The fraction of sp³-hybridized carbons (Fsp3) is 0.167. The summed E-state index contributed by atoms with van der Waals surface area (Å²) in [7, 11) is 0. The Morgan fingerprint density at radius 2 is 1.90 bits per heavy atom. The van der Waals surface area contributed by atoms with Gasteiger partial charge in [-0.05, 0) is 41.4 Å². The third-order valence-electron chi connectivity index (χ3n) is 2.68. The molecule has 0 aliphatic carbocycles. The highest BCUT2D eigenvalue weighted by atomic mass is 35.5. The summed E-state index contributed by atoms with van der Waals surface area (Å²) in [5.41, 5.74) is 1.18. The Hall–Kier alpha value is -1.57. The lowest BCUT2D eigenvalue weighted by Crippen LogP contribution is -2.28. The van der Waals surface area contributed by atoms with Crippen molar-refractivity contribution in [3.63, 3.8) is 0 Å². The van der Waals surface area contributed by atoms with Gasteiger partial charge in [0.1, 0.15) is 17.6 Å². The van der Waals surface area contributed by atoms with Gasteiger partial charge in [0.2, 0.25) is 0 Å². The van der Waals surface area contributed by atoms with E-state index < -0.39 is 23.6 Å². The molecule has 0 amide bonds. The number of nitrogens with two attached hydrogens (primary N) is 1. The Morgan fingerprint density at radius 3 is 2.35 bits per heavy atom. The zero-order valence-electron chi connectivity index (χ0n) is 9.84. The van der Waals surface area contributed by atoms with Crippen molar-refractivity contribution in [1.82, 2.24) is 5.43 Å². The van der Waals surface area contributed by atoms with Gasteiger partial charge in [-0.15, -0.1) is 0 Å². The van der Waals surface area contributed by atoms with Gasteiger partial charge < -0.3 is 4.42 Å². The number of furan rings is 1. The Morgan fingerprint density at radius 1 is 1.20 bits per heavy atom. The molecule has 3 N–H and O–H groups in total. The average Bonchev–Trinajstić information content (AvgIpc) is 2.75. The second-order valence-electron chi connectivity index (χ2n) is 3.98. The van der Waals surface area contributed by atoms with Gasteiger partial charge >= 0.3 is 6.18 Å². The molecule has 0 spiro atoms. The molecule has 108 valence electrons. The van der Waals surface area contributed by atoms with Crippen LogP contribution in [0.4, 0.5) is 17.6 Å². The van der Waals surface area contributed by atoms with Crippen molar-refractivity contribution in [2.45, 2.75) is 12.2 Å². The van der Waals surface area contributed by atoms with E-state index in [1.165, 1.54) is 12.1 Å². The predicted molar refractivity (Wildman–Crippen MR) is 64.3 cm³/mol. The molecule has 1 aromatic carbocycles. The van der Waals surface area contributed by atoms with Gasteiger partial charge in [-0.3, -0.25) is 5.84 Å². The third-order valence-corrected chi connectivity index (χ3v) is 2.88. The molecule has 0 aliphatic heterocycles. The molecule has 2 rings (SSSR count). The monoisotopic (exact) mass is 308 g/mol. The Balaban J connectivity index is 2.39. The second kappa shape index (κ2) is 5.43. The van der Waals surface area contributed by atoms with Crippen LogP contribution in [0.5, 0.6) is 0 Å². The summed E-state index contributed by atoms with van der Waals surface area (Å²) in [5, 5.41) is 0.0904. The van der Waals surface area contributed by atoms with E-state index >= 15 is 0 Å². The van der Waals surface area contributed by atoms with E-state index in [1.807, 2.05) is 0 Å². The molecule has 1 heterocycles. The van der Waals surface area contributed by atoms with Crippen molar-refractivity contribution in [3.8, 4) is 0 Å². The fourth-order valence-electron chi connectivity index (χ4n) is 1.77. The number of halogens is 5. The first kappa shape index (κ1) is 14.8. The maximum atomic E-state index is 13.5. The van der Waals surface area contributed by atoms with Crippen LogP contribution in [0, 0.1) is 5.82 Å². The molecule has 0 fully saturated rings. The van der Waals surface area contributed by atoms with E-state index in [9.17, 15) is 17.6 Å². The summed E-state index contributed by atoms with van der Waals surface area (Å²) < 4.78 is 56.0. The molecular weight excluding hydrogens is 300 g/mol. The maximum Gasteiger partial charge on any atom is 0.419 e. The Kier molecular flexibility index (Phi) is 4.03. The van der Waals surface area contributed by atoms with Crippen LogP contribution in [0.15, 0.2) is 34.7 Å². The normalized spacial score (nSPS) is 13.5. The molecular formula is C12H9ClF4N2O. The molecule has 0 saturated carbocycles. The first-order valence-corrected chi connectivity index (χ1v) is 5.78. The van der Waals surface area contributed by atoms with Gasteiger partial charge in [0.15, 0.2) is 5.22 Å². The van der Waals surface area contributed by atoms with Crippen molar-refractivity contribution >= 4 is 11.6 Å². The second-order valence-corrected chi connectivity index (χ2v) is 4.35. The quantitative estimate of drug-likeness (QED) is 0.517. The van der Waals surface area contributed by atoms with E-state index in [1.54, 1.807) is 0 Å². The molecule has 3 nitrogen and oxygen atoms in total. The number of alkyl halides is 3. The first-order valence-electron chi connectivity index (χ1n) is 5.41. The standard InChI is InChI=1S/C12H9ClF4N2O/c13-10-4-3-9(20-10)11(19-18)6-1-2-7(8(14)5-6)12(15,16)17/h1-5,11,19H,18H2. The molecule has 2 aromatic rings. The van der Waals surface area contributed by atoms with E-state index in [4.69, 9.17) is 21.9 Å². The van der Waals surface area contributed by atoms with Crippen LogP contribution in [-0.2, 0) is 6.18 Å². The lowest BCUT2D eigenvalue weighted by Gasteiger charge is -2.15. The van der Waals surface area contributed by atoms with Crippen LogP contribution < -0.4 is 11.3 Å². The molecule has 20 heavy (non-hydrogen) atoms. The third kappa shape index (κ3) is 2.95. The van der Waals surface area contributed by atoms with Crippen molar-refractivity contribution in [1.29, 1.82) is 0 Å². The molecule has 0 radical (unpaired) electrons. The number of rotatable bonds is 3. The highest BCUT2D eigenvalue weighted by Crippen LogP contribution is 2.33. The summed E-state index contributed by atoms with van der Waals surface area (Å²) in [6.07, 6.45) is -4.75. The van der Waals surface area contributed by atoms with E-state index in [2.05, 4.69) is 5.43 Å². The van der Waals surface area contributed by atoms with Crippen molar-refractivity contribution < 1.29 is 22.0 Å². The maximum absolute atomic E-state index is 13.5.